The predicted molar refractivity (Wildman–Crippen MR) is 136 cm³/mol. The lowest BCUT2D eigenvalue weighted by atomic mass is 9.68. The van der Waals surface area contributed by atoms with Crippen LogP contribution in [0.1, 0.15) is 54.4 Å². The van der Waals surface area contributed by atoms with Crippen LogP contribution in [-0.2, 0) is 5.41 Å². The number of hydrogen-bond donors (Lipinski definition) is 3. The van der Waals surface area contributed by atoms with Crippen molar-refractivity contribution < 1.29 is 19.2 Å². The summed E-state index contributed by atoms with van der Waals surface area (Å²) in [6.45, 7) is 7.20. The number of H-pyrrole nitrogens is 1. The van der Waals surface area contributed by atoms with Gasteiger partial charge in [-0.2, -0.15) is 0 Å². The van der Waals surface area contributed by atoms with Crippen molar-refractivity contribution in [3.8, 4) is 5.75 Å². The minimum absolute atomic E-state index is 0.171. The third-order valence-corrected chi connectivity index (χ3v) is 8.47. The molecule has 6 rings (SSSR count). The standard InChI is InChI=1S/C27H35N5O4/c1-16-24(17(2)36-30-16)29-26(34)32-15-27(8-10-31(11-9-27)13-18-4-5-18)23-20-7-6-19(35-3)12-21(20)28-25(23)22(32)14-33/h6-7,12,18,22,28,33H,4-5,8-11,13-15H2,1-3H3,(H,29,34)/t22-/m1/s1. The molecular formula is C27H35N5O4. The largest absolute Gasteiger partial charge is 0.497 e. The van der Waals surface area contributed by atoms with E-state index >= 15 is 0 Å². The summed E-state index contributed by atoms with van der Waals surface area (Å²) in [5.74, 6) is 2.21. The van der Waals surface area contributed by atoms with Gasteiger partial charge in [0.05, 0.1) is 19.8 Å². The van der Waals surface area contributed by atoms with Gasteiger partial charge in [0.25, 0.3) is 0 Å². The maximum atomic E-state index is 13.7. The van der Waals surface area contributed by atoms with Gasteiger partial charge < -0.3 is 34.5 Å². The molecule has 9 heteroatoms. The Morgan fingerprint density at radius 2 is 2.08 bits per heavy atom. The summed E-state index contributed by atoms with van der Waals surface area (Å²) in [5, 5.41) is 18.7. The predicted octanol–water partition coefficient (Wildman–Crippen LogP) is 4.11. The average Bonchev–Trinajstić information content (AvgIpc) is 3.54. The number of ether oxygens (including phenoxy) is 1. The molecule has 2 fully saturated rings. The highest BCUT2D eigenvalue weighted by Gasteiger charge is 2.49. The molecule has 0 radical (unpaired) electrons. The Kier molecular flexibility index (Phi) is 5.72. The number of carbonyl (C=O) groups excluding carboxylic acids is 1. The number of aliphatic hydroxyl groups is 1. The molecule has 3 aromatic rings. The molecular weight excluding hydrogens is 458 g/mol. The number of carbonyl (C=O) groups is 1. The second-order valence-corrected chi connectivity index (χ2v) is 10.8. The van der Waals surface area contributed by atoms with Crippen LogP contribution in [0.3, 0.4) is 0 Å². The Labute approximate surface area is 210 Å². The zero-order valence-electron chi connectivity index (χ0n) is 21.3. The number of benzene rings is 1. The minimum atomic E-state index is -0.478. The molecule has 9 nitrogen and oxygen atoms in total. The fraction of sp³-hybridized carbons (Fsp3) is 0.556. The summed E-state index contributed by atoms with van der Waals surface area (Å²) in [7, 11) is 1.67. The first-order valence-corrected chi connectivity index (χ1v) is 13.0. The topological polar surface area (TPSA) is 107 Å². The summed E-state index contributed by atoms with van der Waals surface area (Å²) in [6.07, 6.45) is 4.64. The van der Waals surface area contributed by atoms with Crippen molar-refractivity contribution >= 4 is 22.6 Å². The monoisotopic (exact) mass is 493 g/mol. The Morgan fingerprint density at radius 1 is 1.31 bits per heavy atom. The fourth-order valence-electron chi connectivity index (χ4n) is 6.30. The molecule has 1 saturated heterocycles. The van der Waals surface area contributed by atoms with Gasteiger partial charge in [-0.25, -0.2) is 4.79 Å². The molecule has 3 N–H and O–H groups in total. The average molecular weight is 494 g/mol. The zero-order valence-corrected chi connectivity index (χ0v) is 21.3. The number of amides is 2. The van der Waals surface area contributed by atoms with Crippen LogP contribution in [0, 0.1) is 19.8 Å². The number of aromatic nitrogens is 2. The van der Waals surface area contributed by atoms with Gasteiger partial charge in [0.1, 0.15) is 17.1 Å². The van der Waals surface area contributed by atoms with Crippen molar-refractivity contribution in [1.29, 1.82) is 0 Å². The number of piperidine rings is 1. The number of rotatable bonds is 5. The molecule has 36 heavy (non-hydrogen) atoms. The molecule has 1 atom stereocenters. The van der Waals surface area contributed by atoms with Crippen LogP contribution < -0.4 is 10.1 Å². The number of anilines is 1. The van der Waals surface area contributed by atoms with Gasteiger partial charge in [-0.3, -0.25) is 0 Å². The summed E-state index contributed by atoms with van der Waals surface area (Å²) in [4.78, 5) is 21.7. The number of aromatic amines is 1. The van der Waals surface area contributed by atoms with E-state index in [0.29, 0.717) is 23.7 Å². The molecule has 2 aliphatic heterocycles. The van der Waals surface area contributed by atoms with Crippen molar-refractivity contribution in [2.45, 2.75) is 51.0 Å². The lowest BCUT2D eigenvalue weighted by Gasteiger charge is -2.50. The Hall–Kier alpha value is -3.04. The van der Waals surface area contributed by atoms with Crippen molar-refractivity contribution in [2.75, 3.05) is 45.2 Å². The first kappa shape index (κ1) is 23.4. The molecule has 1 aliphatic carbocycles. The van der Waals surface area contributed by atoms with Gasteiger partial charge in [-0.05, 0) is 76.2 Å². The quantitative estimate of drug-likeness (QED) is 0.494. The molecule has 2 amide bonds. The van der Waals surface area contributed by atoms with Gasteiger partial charge in [-0.1, -0.05) is 5.16 Å². The second-order valence-electron chi connectivity index (χ2n) is 10.8. The lowest BCUT2D eigenvalue weighted by Crippen LogP contribution is -2.56. The van der Waals surface area contributed by atoms with E-state index in [-0.39, 0.29) is 18.1 Å². The third kappa shape index (κ3) is 3.85. The normalized spacial score (nSPS) is 21.7. The molecule has 192 valence electrons. The first-order chi connectivity index (χ1) is 17.4. The van der Waals surface area contributed by atoms with Gasteiger partial charge >= 0.3 is 6.03 Å². The van der Waals surface area contributed by atoms with E-state index in [2.05, 4.69) is 26.4 Å². The lowest BCUT2D eigenvalue weighted by molar-refractivity contribution is 0.0714. The molecule has 0 bridgehead atoms. The third-order valence-electron chi connectivity index (χ3n) is 8.47. The number of nitrogens with zero attached hydrogens (tertiary/aromatic N) is 3. The smallest absolute Gasteiger partial charge is 0.322 e. The van der Waals surface area contributed by atoms with Gasteiger partial charge in [-0.15, -0.1) is 0 Å². The van der Waals surface area contributed by atoms with Crippen LogP contribution in [-0.4, -0.2) is 71.0 Å². The molecule has 1 aromatic carbocycles. The van der Waals surface area contributed by atoms with Crippen LogP contribution in [0.5, 0.6) is 5.75 Å². The van der Waals surface area contributed by atoms with Gasteiger partial charge in [0.2, 0.25) is 0 Å². The number of fused-ring (bicyclic) bond motifs is 4. The molecule has 1 spiro atoms. The number of nitrogens with one attached hydrogen (secondary N) is 2. The second kappa shape index (κ2) is 8.81. The Balaban J connectivity index is 1.40. The first-order valence-electron chi connectivity index (χ1n) is 13.0. The van der Waals surface area contributed by atoms with Crippen molar-refractivity contribution in [1.82, 2.24) is 19.9 Å². The number of aryl methyl sites for hydroxylation is 2. The fourth-order valence-corrected chi connectivity index (χ4v) is 6.30. The molecule has 3 aliphatic rings. The number of aliphatic hydroxyl groups excluding tert-OH is 1. The maximum Gasteiger partial charge on any atom is 0.322 e. The van der Waals surface area contributed by atoms with Crippen molar-refractivity contribution in [2.24, 2.45) is 5.92 Å². The highest BCUT2D eigenvalue weighted by atomic mass is 16.5. The Bertz CT molecular complexity index is 1270. The Morgan fingerprint density at radius 3 is 2.72 bits per heavy atom. The van der Waals surface area contributed by atoms with Crippen LogP contribution in [0.25, 0.3) is 10.9 Å². The highest BCUT2D eigenvalue weighted by molar-refractivity contribution is 5.93. The van der Waals surface area contributed by atoms with Crippen molar-refractivity contribution in [3.63, 3.8) is 0 Å². The molecule has 0 unspecified atom stereocenters. The molecule has 4 heterocycles. The maximum absolute atomic E-state index is 13.7. The molecule has 2 aromatic heterocycles. The van der Waals surface area contributed by atoms with Crippen LogP contribution in [0.4, 0.5) is 10.5 Å². The number of methoxy groups -OCH3 is 1. The summed E-state index contributed by atoms with van der Waals surface area (Å²) < 4.78 is 10.7. The van der Waals surface area contributed by atoms with E-state index < -0.39 is 6.04 Å². The van der Waals surface area contributed by atoms with Crippen LogP contribution in [0.15, 0.2) is 22.7 Å². The van der Waals surface area contributed by atoms with Crippen LogP contribution >= 0.6 is 0 Å². The van der Waals surface area contributed by atoms with Crippen LogP contribution in [0.2, 0.25) is 0 Å². The minimum Gasteiger partial charge on any atom is -0.497 e. The van der Waals surface area contributed by atoms with E-state index in [1.807, 2.05) is 19.1 Å². The molecule has 1 saturated carbocycles. The zero-order chi connectivity index (χ0) is 25.0. The van der Waals surface area contributed by atoms with E-state index in [0.717, 1.165) is 54.2 Å². The number of likely N-dealkylation sites (tertiary alicyclic amines) is 1. The van der Waals surface area contributed by atoms with E-state index in [9.17, 15) is 9.90 Å². The summed E-state index contributed by atoms with van der Waals surface area (Å²) >= 11 is 0. The SMILES string of the molecule is COc1ccc2c3c([nH]c2c1)[C@@H](CO)N(C(=O)Nc1c(C)noc1C)CC31CCN(CC2CC2)CC1. The van der Waals surface area contributed by atoms with Gasteiger partial charge in [0, 0.05) is 41.2 Å². The number of hydrogen-bond acceptors (Lipinski definition) is 6. The van der Waals surface area contributed by atoms with E-state index in [1.165, 1.54) is 24.9 Å². The van der Waals surface area contributed by atoms with Gasteiger partial charge in [0.15, 0.2) is 5.76 Å². The van der Waals surface area contributed by atoms with E-state index in [1.54, 1.807) is 18.9 Å². The summed E-state index contributed by atoms with van der Waals surface area (Å²) in [6, 6.07) is 5.40. The summed E-state index contributed by atoms with van der Waals surface area (Å²) in [5.41, 5.74) is 4.20. The van der Waals surface area contributed by atoms with Crippen molar-refractivity contribution in [3.05, 3.63) is 40.9 Å². The highest BCUT2D eigenvalue weighted by Crippen LogP contribution is 2.49. The number of urea groups is 1. The van der Waals surface area contributed by atoms with E-state index in [4.69, 9.17) is 9.26 Å².